The van der Waals surface area contributed by atoms with Gasteiger partial charge < -0.3 is 9.30 Å². The van der Waals surface area contributed by atoms with Gasteiger partial charge in [-0.25, -0.2) is 0 Å². The van der Waals surface area contributed by atoms with Gasteiger partial charge in [-0.05, 0) is 38.3 Å². The van der Waals surface area contributed by atoms with Crippen LogP contribution >= 0.6 is 12.4 Å². The Morgan fingerprint density at radius 1 is 1.12 bits per heavy atom. The fourth-order valence-corrected chi connectivity index (χ4v) is 3.10. The van der Waals surface area contributed by atoms with Gasteiger partial charge in [0.1, 0.15) is 17.9 Å². The Kier molecular flexibility index (Phi) is 5.89. The van der Waals surface area contributed by atoms with E-state index in [1.165, 1.54) is 22.4 Å². The summed E-state index contributed by atoms with van der Waals surface area (Å²) in [6, 6.07) is 10.4. The van der Waals surface area contributed by atoms with Gasteiger partial charge in [0.25, 0.3) is 0 Å². The molecule has 0 N–H and O–H groups in total. The van der Waals surface area contributed by atoms with Crippen molar-refractivity contribution >= 4 is 23.4 Å². The highest BCUT2D eigenvalue weighted by Gasteiger charge is 2.15. The number of halogens is 1. The van der Waals surface area contributed by atoms with Crippen LogP contribution in [0.4, 0.5) is 0 Å². The molecule has 0 amide bonds. The normalized spacial score (nSPS) is 10.7. The second-order valence-electron chi connectivity index (χ2n) is 6.15. The molecule has 0 unspecified atom stereocenters. The maximum absolute atomic E-state index is 6.15. The van der Waals surface area contributed by atoms with Crippen molar-refractivity contribution < 1.29 is 4.74 Å². The van der Waals surface area contributed by atoms with Gasteiger partial charge in [-0.1, -0.05) is 36.8 Å². The van der Waals surface area contributed by atoms with Gasteiger partial charge in [-0.15, -0.1) is 12.4 Å². The molecule has 128 valence electrons. The average molecular weight is 345 g/mol. The Bertz CT molecular complexity index is 839. The molecule has 0 aliphatic heterocycles. The Balaban J connectivity index is 0.00000208. The van der Waals surface area contributed by atoms with Crippen LogP contribution in [-0.4, -0.2) is 9.55 Å². The molecule has 0 aliphatic rings. The van der Waals surface area contributed by atoms with E-state index in [2.05, 4.69) is 61.5 Å². The van der Waals surface area contributed by atoms with Crippen LogP contribution in [0.3, 0.4) is 0 Å². The summed E-state index contributed by atoms with van der Waals surface area (Å²) in [5.74, 6) is 0.918. The van der Waals surface area contributed by atoms with Crippen molar-refractivity contribution in [2.45, 2.75) is 47.3 Å². The van der Waals surface area contributed by atoms with Gasteiger partial charge >= 0.3 is 0 Å². The van der Waals surface area contributed by atoms with Crippen molar-refractivity contribution in [2.24, 2.45) is 0 Å². The number of aryl methyl sites for hydroxylation is 3. The molecular formula is C20H25ClN2O. The topological polar surface area (TPSA) is 27.1 Å². The number of fused-ring (bicyclic) bond motifs is 1. The summed E-state index contributed by atoms with van der Waals surface area (Å²) < 4.78 is 8.49. The van der Waals surface area contributed by atoms with Crippen LogP contribution in [0, 0.1) is 20.8 Å². The lowest BCUT2D eigenvalue weighted by Gasteiger charge is -2.12. The number of aromatic nitrogens is 2. The van der Waals surface area contributed by atoms with Crippen LogP contribution in [0.5, 0.6) is 5.75 Å². The number of benzene rings is 1. The second kappa shape index (κ2) is 7.71. The summed E-state index contributed by atoms with van der Waals surface area (Å²) in [5, 5.41) is 0. The number of hydrogen-bond acceptors (Lipinski definition) is 2. The predicted molar refractivity (Wildman–Crippen MR) is 102 cm³/mol. The molecule has 2 heterocycles. The highest BCUT2D eigenvalue weighted by Crippen LogP contribution is 2.31. The van der Waals surface area contributed by atoms with Crippen LogP contribution in [0.15, 0.2) is 36.5 Å². The van der Waals surface area contributed by atoms with E-state index in [4.69, 9.17) is 4.74 Å². The Labute approximate surface area is 150 Å². The minimum Gasteiger partial charge on any atom is -0.487 e. The maximum atomic E-state index is 6.15. The predicted octanol–water partition coefficient (Wildman–Crippen LogP) is 5.37. The zero-order chi connectivity index (χ0) is 16.4. The first-order valence-corrected chi connectivity index (χ1v) is 8.24. The van der Waals surface area contributed by atoms with Crippen molar-refractivity contribution in [2.75, 3.05) is 0 Å². The van der Waals surface area contributed by atoms with E-state index in [1.807, 2.05) is 12.3 Å². The summed E-state index contributed by atoms with van der Waals surface area (Å²) in [5.41, 5.74) is 7.15. The third-order valence-electron chi connectivity index (χ3n) is 4.38. The van der Waals surface area contributed by atoms with Gasteiger partial charge in [0.2, 0.25) is 0 Å². The highest BCUT2D eigenvalue weighted by atomic mass is 35.5. The first-order chi connectivity index (χ1) is 11.1. The summed E-state index contributed by atoms with van der Waals surface area (Å²) >= 11 is 0. The standard InChI is InChI=1S/C20H24N2O.ClH/c1-5-11-22-16(4)15(3)19-20(22)18(9-10-21-19)23-13-17-8-6-7-14(2)12-17;/h6-10,12H,5,11,13H2,1-4H3;1H. The van der Waals surface area contributed by atoms with E-state index in [0.717, 1.165) is 29.7 Å². The molecule has 4 heteroatoms. The smallest absolute Gasteiger partial charge is 0.147 e. The molecular weight excluding hydrogens is 320 g/mol. The largest absolute Gasteiger partial charge is 0.487 e. The van der Waals surface area contributed by atoms with E-state index in [1.54, 1.807) is 0 Å². The molecule has 3 aromatic rings. The van der Waals surface area contributed by atoms with Crippen LogP contribution in [0.1, 0.15) is 35.7 Å². The van der Waals surface area contributed by atoms with E-state index >= 15 is 0 Å². The molecule has 0 spiro atoms. The molecule has 24 heavy (non-hydrogen) atoms. The molecule has 3 rings (SSSR count). The molecule has 0 radical (unpaired) electrons. The fourth-order valence-electron chi connectivity index (χ4n) is 3.10. The zero-order valence-electron chi connectivity index (χ0n) is 14.8. The van der Waals surface area contributed by atoms with Crippen molar-refractivity contribution in [3.63, 3.8) is 0 Å². The van der Waals surface area contributed by atoms with Gasteiger partial charge in [-0.3, -0.25) is 4.98 Å². The summed E-state index contributed by atoms with van der Waals surface area (Å²) in [6.45, 7) is 10.2. The maximum Gasteiger partial charge on any atom is 0.147 e. The number of nitrogens with zero attached hydrogens (tertiary/aromatic N) is 2. The minimum atomic E-state index is 0. The first kappa shape index (κ1) is 18.3. The first-order valence-electron chi connectivity index (χ1n) is 8.24. The van der Waals surface area contributed by atoms with Gasteiger partial charge in [-0.2, -0.15) is 0 Å². The molecule has 2 aromatic heterocycles. The Morgan fingerprint density at radius 3 is 2.62 bits per heavy atom. The molecule has 0 bridgehead atoms. The van der Waals surface area contributed by atoms with E-state index in [-0.39, 0.29) is 12.4 Å². The SMILES string of the molecule is CCCn1c(C)c(C)c2nccc(OCc3cccc(C)c3)c21.Cl. The number of hydrogen-bond donors (Lipinski definition) is 0. The lowest BCUT2D eigenvalue weighted by Crippen LogP contribution is -2.02. The van der Waals surface area contributed by atoms with Crippen molar-refractivity contribution in [1.29, 1.82) is 0 Å². The molecule has 0 aliphatic carbocycles. The highest BCUT2D eigenvalue weighted by molar-refractivity contribution is 5.86. The number of rotatable bonds is 5. The van der Waals surface area contributed by atoms with Gasteiger partial charge in [0, 0.05) is 24.5 Å². The lowest BCUT2D eigenvalue weighted by atomic mass is 10.1. The summed E-state index contributed by atoms with van der Waals surface area (Å²) in [7, 11) is 0. The lowest BCUT2D eigenvalue weighted by molar-refractivity contribution is 0.308. The Hall–Kier alpha value is -2.00. The molecule has 3 nitrogen and oxygen atoms in total. The third-order valence-corrected chi connectivity index (χ3v) is 4.38. The van der Waals surface area contributed by atoms with Crippen LogP contribution in [0.25, 0.3) is 11.0 Å². The van der Waals surface area contributed by atoms with Gasteiger partial charge in [0.05, 0.1) is 5.52 Å². The summed E-state index contributed by atoms with van der Waals surface area (Å²) in [4.78, 5) is 4.57. The zero-order valence-corrected chi connectivity index (χ0v) is 15.6. The quantitative estimate of drug-likeness (QED) is 0.622. The number of pyridine rings is 1. The third kappa shape index (κ3) is 3.41. The van der Waals surface area contributed by atoms with Crippen LogP contribution in [0.2, 0.25) is 0 Å². The second-order valence-corrected chi connectivity index (χ2v) is 6.15. The van der Waals surface area contributed by atoms with E-state index in [9.17, 15) is 0 Å². The van der Waals surface area contributed by atoms with Gasteiger partial charge in [0.15, 0.2) is 0 Å². The van der Waals surface area contributed by atoms with Crippen molar-refractivity contribution in [1.82, 2.24) is 9.55 Å². The Morgan fingerprint density at radius 2 is 1.92 bits per heavy atom. The fraction of sp³-hybridized carbons (Fsp3) is 0.350. The van der Waals surface area contributed by atoms with Crippen LogP contribution < -0.4 is 4.74 Å². The monoisotopic (exact) mass is 344 g/mol. The molecule has 1 aromatic carbocycles. The van der Waals surface area contributed by atoms with Crippen molar-refractivity contribution in [3.8, 4) is 5.75 Å². The average Bonchev–Trinajstić information content (AvgIpc) is 2.79. The molecule has 0 fully saturated rings. The van der Waals surface area contributed by atoms with Crippen molar-refractivity contribution in [3.05, 3.63) is 58.9 Å². The number of ether oxygens (including phenoxy) is 1. The van der Waals surface area contributed by atoms with E-state index in [0.29, 0.717) is 6.61 Å². The molecule has 0 saturated heterocycles. The molecule has 0 atom stereocenters. The van der Waals surface area contributed by atoms with Crippen LogP contribution in [-0.2, 0) is 13.2 Å². The minimum absolute atomic E-state index is 0. The molecule has 0 saturated carbocycles. The summed E-state index contributed by atoms with van der Waals surface area (Å²) in [6.07, 6.45) is 2.94. The van der Waals surface area contributed by atoms with E-state index < -0.39 is 0 Å².